The SMILES string of the molecule is CC(C)(C)C(=P)[Se].C[c-]1[c-](C)[c-](C)[c-](C)[c-]1C.Cc1c(C)c(C)[c-](C)c1C.[Zr]. The van der Waals surface area contributed by atoms with Crippen molar-refractivity contribution in [3.63, 3.8) is 0 Å². The van der Waals surface area contributed by atoms with E-state index >= 15 is 0 Å². The van der Waals surface area contributed by atoms with Gasteiger partial charge < -0.3 is 27.8 Å². The molecule has 0 spiro atoms. The van der Waals surface area contributed by atoms with Crippen molar-refractivity contribution in [3.05, 3.63) is 55.6 Å². The smallest absolute Gasteiger partial charge is 0 e. The van der Waals surface area contributed by atoms with Gasteiger partial charge in [0.15, 0.2) is 0 Å². The van der Waals surface area contributed by atoms with Crippen molar-refractivity contribution in [3.8, 4) is 0 Å². The Labute approximate surface area is 205 Å². The van der Waals surface area contributed by atoms with Gasteiger partial charge >= 0.3 is 55.3 Å². The van der Waals surface area contributed by atoms with Crippen LogP contribution in [0.4, 0.5) is 0 Å². The first-order chi connectivity index (χ1) is 12.1. The minimum absolute atomic E-state index is 0. The maximum atomic E-state index is 3.40. The fourth-order valence-corrected chi connectivity index (χ4v) is 2.81. The molecule has 1 radical (unpaired) electrons. The Hall–Kier alpha value is 0.273. The molecule has 0 unspecified atom stereocenters. The van der Waals surface area contributed by atoms with E-state index in [0.29, 0.717) is 0 Å². The van der Waals surface area contributed by atoms with Crippen molar-refractivity contribution in [1.82, 2.24) is 0 Å². The third-order valence-corrected chi connectivity index (χ3v) is 8.34. The molecule has 28 heavy (non-hydrogen) atoms. The van der Waals surface area contributed by atoms with Crippen LogP contribution in [0.2, 0.25) is 0 Å². The van der Waals surface area contributed by atoms with Crippen LogP contribution in [0.1, 0.15) is 76.4 Å². The fourth-order valence-electron chi connectivity index (χ4n) is 2.81. The average Bonchev–Trinajstić information content (AvgIpc) is 2.86. The van der Waals surface area contributed by atoms with Gasteiger partial charge in [0.05, 0.1) is 0 Å². The molecule has 0 aromatic heterocycles. The van der Waals surface area contributed by atoms with Gasteiger partial charge in [-0.2, -0.15) is 27.8 Å². The van der Waals surface area contributed by atoms with E-state index in [4.69, 9.17) is 0 Å². The minimum Gasteiger partial charge on any atom is -0.731 e. The van der Waals surface area contributed by atoms with Gasteiger partial charge in [-0.25, -0.2) is 34.6 Å². The van der Waals surface area contributed by atoms with Gasteiger partial charge in [0.1, 0.15) is 0 Å². The van der Waals surface area contributed by atoms with Crippen molar-refractivity contribution in [2.75, 3.05) is 0 Å². The Morgan fingerprint density at radius 1 is 0.679 bits per heavy atom. The normalized spacial score (nSPS) is 10.4. The summed E-state index contributed by atoms with van der Waals surface area (Å²) in [5.41, 5.74) is 15.0. The van der Waals surface area contributed by atoms with Crippen LogP contribution in [0.3, 0.4) is 0 Å². The molecule has 2 aromatic rings. The molecule has 0 aliphatic carbocycles. The monoisotopic (exact) mass is 541 g/mol. The van der Waals surface area contributed by atoms with E-state index in [1.807, 2.05) is 0 Å². The van der Waals surface area contributed by atoms with Gasteiger partial charge in [0.25, 0.3) is 0 Å². The van der Waals surface area contributed by atoms with E-state index in [1.54, 1.807) is 0 Å². The Morgan fingerprint density at radius 3 is 0.929 bits per heavy atom. The van der Waals surface area contributed by atoms with Crippen molar-refractivity contribution < 1.29 is 26.2 Å². The average molecular weight is 542 g/mol. The molecule has 0 saturated carbocycles. The van der Waals surface area contributed by atoms with Crippen molar-refractivity contribution >= 4 is 29.1 Å². The summed E-state index contributed by atoms with van der Waals surface area (Å²) in [6.45, 7) is 28.4. The summed E-state index contributed by atoms with van der Waals surface area (Å²) < 4.78 is 1.17. The standard InChI is InChI=1S/2C10H15.C5H10PSe.Zr/c2*1-6-7(2)9(4)10(5)8(6)3;1-5(2,3)4(6)7;/h2*1-5H3;6H,1-3H3;/q-5;-1;;. The van der Waals surface area contributed by atoms with Crippen molar-refractivity contribution in [1.29, 1.82) is 0 Å². The molecule has 0 N–H and O–H groups in total. The van der Waals surface area contributed by atoms with Gasteiger partial charge in [-0.15, -0.1) is 0 Å². The van der Waals surface area contributed by atoms with Crippen LogP contribution < -0.4 is 0 Å². The first-order valence-corrected chi connectivity index (χ1v) is 11.1. The largest absolute Gasteiger partial charge is 0.731 e. The van der Waals surface area contributed by atoms with E-state index in [2.05, 4.69) is 115 Å². The zero-order valence-electron chi connectivity index (χ0n) is 20.4. The van der Waals surface area contributed by atoms with Gasteiger partial charge in [-0.3, -0.25) is 0 Å². The Kier molecular flexibility index (Phi) is 13.3. The van der Waals surface area contributed by atoms with Crippen molar-refractivity contribution in [2.24, 2.45) is 5.41 Å². The second kappa shape index (κ2) is 12.2. The summed E-state index contributed by atoms with van der Waals surface area (Å²) in [4.78, 5) is 0. The van der Waals surface area contributed by atoms with Gasteiger partial charge in [-0.1, -0.05) is 34.6 Å². The molecular formula is C25H40PSeZr-6. The third-order valence-electron chi connectivity index (χ3n) is 6.31. The van der Waals surface area contributed by atoms with Crippen molar-refractivity contribution in [2.45, 2.75) is 90.0 Å². The van der Waals surface area contributed by atoms with Gasteiger partial charge in [0.2, 0.25) is 0 Å². The molecule has 0 fully saturated rings. The topological polar surface area (TPSA) is 0 Å². The van der Waals surface area contributed by atoms with Crippen LogP contribution >= 0.6 is 8.86 Å². The molecule has 0 bridgehead atoms. The summed E-state index contributed by atoms with van der Waals surface area (Å²) in [6, 6.07) is 0. The van der Waals surface area contributed by atoms with Crippen LogP contribution in [-0.4, -0.2) is 20.2 Å². The van der Waals surface area contributed by atoms with Gasteiger partial charge in [-0.05, 0) is 0 Å². The molecule has 2 rings (SSSR count). The summed E-state index contributed by atoms with van der Waals surface area (Å²) in [5.74, 6) is 0. The maximum absolute atomic E-state index is 3.40. The minimum atomic E-state index is 0. The Morgan fingerprint density at radius 2 is 0.857 bits per heavy atom. The molecule has 3 heteroatoms. The number of hydrogen-bond donors (Lipinski definition) is 0. The molecule has 2 aromatic carbocycles. The quantitative estimate of drug-likeness (QED) is 0.186. The summed E-state index contributed by atoms with van der Waals surface area (Å²) in [5, 5.41) is 0. The molecule has 0 heterocycles. The maximum Gasteiger partial charge on any atom is 0 e. The summed E-state index contributed by atoms with van der Waals surface area (Å²) >= 11 is 2.91. The van der Waals surface area contributed by atoms with Crippen LogP contribution in [0, 0.1) is 74.7 Å². The van der Waals surface area contributed by atoms with Crippen LogP contribution in [0.25, 0.3) is 0 Å². The molecular weight excluding hydrogens is 501 g/mol. The summed E-state index contributed by atoms with van der Waals surface area (Å²) in [7, 11) is 3.40. The zero-order chi connectivity index (χ0) is 21.9. The fraction of sp³-hybridized carbons (Fsp3) is 0.560. The van der Waals surface area contributed by atoms with Crippen LogP contribution in [-0.2, 0) is 26.2 Å². The molecule has 0 atom stereocenters. The predicted octanol–water partition coefficient (Wildman–Crippen LogP) is 7.37. The Bertz CT molecular complexity index is 581. The molecule has 161 valence electrons. The second-order valence-corrected chi connectivity index (χ2v) is 11.0. The van der Waals surface area contributed by atoms with E-state index in [0.717, 1.165) is 0 Å². The molecule has 0 nitrogen and oxygen atoms in total. The van der Waals surface area contributed by atoms with E-state index < -0.39 is 0 Å². The molecule has 0 amide bonds. The number of rotatable bonds is 0. The zero-order valence-corrected chi connectivity index (χ0v) is 25.6. The number of hydrogen-bond acceptors (Lipinski definition) is 0. The molecule has 0 saturated heterocycles. The first-order valence-electron chi connectivity index (χ1n) is 9.70. The van der Waals surface area contributed by atoms with Crippen LogP contribution in [0.5, 0.6) is 0 Å². The van der Waals surface area contributed by atoms with E-state index in [1.165, 1.54) is 59.8 Å². The summed E-state index contributed by atoms with van der Waals surface area (Å²) in [6.07, 6.45) is 0. The first kappa shape index (κ1) is 30.5. The second-order valence-electron chi connectivity index (χ2n) is 8.83. The van der Waals surface area contributed by atoms with E-state index in [9.17, 15) is 0 Å². The third kappa shape index (κ3) is 7.84. The predicted molar refractivity (Wildman–Crippen MR) is 130 cm³/mol. The van der Waals surface area contributed by atoms with E-state index in [-0.39, 0.29) is 31.6 Å². The molecule has 0 aliphatic rings. The van der Waals surface area contributed by atoms with Gasteiger partial charge in [0, 0.05) is 26.2 Å². The molecule has 0 aliphatic heterocycles. The Balaban J connectivity index is 0. The van der Waals surface area contributed by atoms with Crippen LogP contribution in [0.15, 0.2) is 0 Å².